The Morgan fingerprint density at radius 1 is 1.23 bits per heavy atom. The Hall–Kier alpha value is -2.01. The molecular formula is C17H18FNO2S. The van der Waals surface area contributed by atoms with Crippen molar-refractivity contribution in [2.75, 3.05) is 12.4 Å². The first-order valence-electron chi connectivity index (χ1n) is 6.87. The van der Waals surface area contributed by atoms with Crippen LogP contribution in [-0.4, -0.2) is 18.3 Å². The monoisotopic (exact) mass is 319 g/mol. The zero-order chi connectivity index (χ0) is 16.1. The summed E-state index contributed by atoms with van der Waals surface area (Å²) in [4.78, 5) is 13.1. The number of ether oxygens (including phenoxy) is 1. The van der Waals surface area contributed by atoms with E-state index in [1.165, 1.54) is 17.8 Å². The van der Waals surface area contributed by atoms with Gasteiger partial charge in [-0.25, -0.2) is 4.39 Å². The Morgan fingerprint density at radius 2 is 1.91 bits per heavy atom. The number of carbonyl (C=O) groups is 1. The van der Waals surface area contributed by atoms with Crippen LogP contribution in [0, 0.1) is 12.7 Å². The SMILES string of the molecule is COc1ccc(SC(C)C(=O)Nc2ccc(C)cc2F)cc1. The fourth-order valence-corrected chi connectivity index (χ4v) is 2.74. The maximum atomic E-state index is 13.7. The van der Waals surface area contributed by atoms with Crippen LogP contribution in [0.1, 0.15) is 12.5 Å². The molecule has 5 heteroatoms. The molecule has 0 heterocycles. The molecule has 0 spiro atoms. The molecule has 1 N–H and O–H groups in total. The molecule has 0 radical (unpaired) electrons. The molecule has 116 valence electrons. The maximum Gasteiger partial charge on any atom is 0.237 e. The van der Waals surface area contributed by atoms with Gasteiger partial charge in [-0.1, -0.05) is 6.07 Å². The first-order valence-corrected chi connectivity index (χ1v) is 7.75. The van der Waals surface area contributed by atoms with Crippen LogP contribution in [0.4, 0.5) is 10.1 Å². The van der Waals surface area contributed by atoms with Gasteiger partial charge in [0.05, 0.1) is 18.0 Å². The smallest absolute Gasteiger partial charge is 0.237 e. The molecule has 0 aliphatic rings. The fourth-order valence-electron chi connectivity index (χ4n) is 1.87. The third-order valence-electron chi connectivity index (χ3n) is 3.12. The van der Waals surface area contributed by atoms with Crippen molar-refractivity contribution in [3.8, 4) is 5.75 Å². The zero-order valence-corrected chi connectivity index (χ0v) is 13.5. The number of nitrogens with one attached hydrogen (secondary N) is 1. The molecule has 1 atom stereocenters. The minimum Gasteiger partial charge on any atom is -0.497 e. The van der Waals surface area contributed by atoms with Gasteiger partial charge in [0.2, 0.25) is 5.91 Å². The average Bonchev–Trinajstić information content (AvgIpc) is 2.50. The van der Waals surface area contributed by atoms with E-state index in [4.69, 9.17) is 4.74 Å². The highest BCUT2D eigenvalue weighted by Gasteiger charge is 2.16. The minimum absolute atomic E-state index is 0.206. The summed E-state index contributed by atoms with van der Waals surface area (Å²) in [5, 5.41) is 2.28. The normalized spacial score (nSPS) is 11.8. The van der Waals surface area contributed by atoms with Gasteiger partial charge in [-0.05, 0) is 55.8 Å². The summed E-state index contributed by atoms with van der Waals surface area (Å²) in [5.74, 6) is 0.113. The van der Waals surface area contributed by atoms with Crippen molar-refractivity contribution in [1.29, 1.82) is 0 Å². The van der Waals surface area contributed by atoms with E-state index in [-0.39, 0.29) is 16.8 Å². The van der Waals surface area contributed by atoms with Gasteiger partial charge in [0.25, 0.3) is 0 Å². The molecule has 22 heavy (non-hydrogen) atoms. The van der Waals surface area contributed by atoms with Crippen LogP contribution < -0.4 is 10.1 Å². The lowest BCUT2D eigenvalue weighted by atomic mass is 10.2. The van der Waals surface area contributed by atoms with Crippen LogP contribution in [0.3, 0.4) is 0 Å². The maximum absolute atomic E-state index is 13.7. The number of thioether (sulfide) groups is 1. The van der Waals surface area contributed by atoms with Gasteiger partial charge in [-0.2, -0.15) is 0 Å². The molecule has 3 nitrogen and oxygen atoms in total. The second-order valence-corrected chi connectivity index (χ2v) is 6.32. The van der Waals surface area contributed by atoms with E-state index in [0.29, 0.717) is 0 Å². The Kier molecular flexibility index (Phi) is 5.44. The molecule has 0 aliphatic carbocycles. The minimum atomic E-state index is -0.421. The van der Waals surface area contributed by atoms with Gasteiger partial charge >= 0.3 is 0 Å². The summed E-state index contributed by atoms with van der Waals surface area (Å²) >= 11 is 1.41. The van der Waals surface area contributed by atoms with E-state index in [1.807, 2.05) is 24.3 Å². The summed E-state index contributed by atoms with van der Waals surface area (Å²) in [6.45, 7) is 3.59. The Bertz CT molecular complexity index is 658. The lowest BCUT2D eigenvalue weighted by molar-refractivity contribution is -0.115. The van der Waals surface area contributed by atoms with Crippen molar-refractivity contribution < 1.29 is 13.9 Å². The standard InChI is InChI=1S/C17H18FNO2S/c1-11-4-9-16(15(18)10-11)19-17(20)12(2)22-14-7-5-13(21-3)6-8-14/h4-10,12H,1-3H3,(H,19,20). The summed E-state index contributed by atoms with van der Waals surface area (Å²) in [6, 6.07) is 12.2. The fraction of sp³-hybridized carbons (Fsp3) is 0.235. The number of methoxy groups -OCH3 is 1. The van der Waals surface area contributed by atoms with E-state index >= 15 is 0 Å². The molecule has 1 unspecified atom stereocenters. The third kappa shape index (κ3) is 4.24. The van der Waals surface area contributed by atoms with Gasteiger partial charge in [-0.3, -0.25) is 4.79 Å². The van der Waals surface area contributed by atoms with Crippen LogP contribution in [0.15, 0.2) is 47.4 Å². The molecule has 0 aliphatic heterocycles. The van der Waals surface area contributed by atoms with E-state index in [9.17, 15) is 9.18 Å². The molecule has 0 bridgehead atoms. The number of anilines is 1. The molecule has 2 rings (SSSR count). The number of hydrogen-bond donors (Lipinski definition) is 1. The second-order valence-electron chi connectivity index (χ2n) is 4.91. The second kappa shape index (κ2) is 7.31. The van der Waals surface area contributed by atoms with Gasteiger partial charge in [-0.15, -0.1) is 11.8 Å². The van der Waals surface area contributed by atoms with Crippen LogP contribution in [0.25, 0.3) is 0 Å². The topological polar surface area (TPSA) is 38.3 Å². The van der Waals surface area contributed by atoms with Crippen LogP contribution in [-0.2, 0) is 4.79 Å². The molecule has 2 aromatic carbocycles. The van der Waals surface area contributed by atoms with Gasteiger partial charge < -0.3 is 10.1 Å². The molecule has 0 aromatic heterocycles. The van der Waals surface area contributed by atoms with Gasteiger partial charge in [0.15, 0.2) is 0 Å². The largest absolute Gasteiger partial charge is 0.497 e. The highest BCUT2D eigenvalue weighted by molar-refractivity contribution is 8.00. The highest BCUT2D eigenvalue weighted by Crippen LogP contribution is 2.26. The number of rotatable bonds is 5. The summed E-state index contributed by atoms with van der Waals surface area (Å²) in [5.41, 5.74) is 1.02. The summed E-state index contributed by atoms with van der Waals surface area (Å²) in [7, 11) is 1.61. The van der Waals surface area contributed by atoms with E-state index in [0.717, 1.165) is 16.2 Å². The number of aryl methyl sites for hydroxylation is 1. The number of benzene rings is 2. The Labute approximate surface area is 133 Å². The van der Waals surface area contributed by atoms with Crippen LogP contribution >= 0.6 is 11.8 Å². The number of carbonyl (C=O) groups excluding carboxylic acids is 1. The van der Waals surface area contributed by atoms with E-state index in [1.54, 1.807) is 33.1 Å². The lowest BCUT2D eigenvalue weighted by Gasteiger charge is -2.13. The molecule has 0 fully saturated rings. The van der Waals surface area contributed by atoms with Crippen molar-refractivity contribution in [2.24, 2.45) is 0 Å². The van der Waals surface area contributed by atoms with Crippen molar-refractivity contribution in [1.82, 2.24) is 0 Å². The summed E-state index contributed by atoms with van der Waals surface area (Å²) < 4.78 is 18.8. The van der Waals surface area contributed by atoms with Crippen LogP contribution in [0.5, 0.6) is 5.75 Å². The lowest BCUT2D eigenvalue weighted by Crippen LogP contribution is -2.22. The highest BCUT2D eigenvalue weighted by atomic mass is 32.2. The zero-order valence-electron chi connectivity index (χ0n) is 12.7. The molecule has 0 saturated carbocycles. The van der Waals surface area contributed by atoms with E-state index in [2.05, 4.69) is 5.32 Å². The first-order chi connectivity index (χ1) is 10.5. The van der Waals surface area contributed by atoms with Crippen molar-refractivity contribution in [2.45, 2.75) is 24.0 Å². The average molecular weight is 319 g/mol. The predicted octanol–water partition coefficient (Wildman–Crippen LogP) is 4.26. The number of amides is 1. The summed E-state index contributed by atoms with van der Waals surface area (Å²) in [6.07, 6.45) is 0. The first kappa shape index (κ1) is 16.4. The molecule has 0 saturated heterocycles. The number of hydrogen-bond acceptors (Lipinski definition) is 3. The van der Waals surface area contributed by atoms with Crippen molar-refractivity contribution >= 4 is 23.4 Å². The molecular weight excluding hydrogens is 301 g/mol. The van der Waals surface area contributed by atoms with Crippen LogP contribution in [0.2, 0.25) is 0 Å². The third-order valence-corrected chi connectivity index (χ3v) is 4.24. The molecule has 1 amide bonds. The Morgan fingerprint density at radius 3 is 2.50 bits per heavy atom. The quantitative estimate of drug-likeness (QED) is 0.837. The molecule has 2 aromatic rings. The Balaban J connectivity index is 1.99. The van der Waals surface area contributed by atoms with Crippen molar-refractivity contribution in [3.63, 3.8) is 0 Å². The van der Waals surface area contributed by atoms with E-state index < -0.39 is 5.82 Å². The van der Waals surface area contributed by atoms with Gasteiger partial charge in [0, 0.05) is 4.90 Å². The number of halogens is 1. The van der Waals surface area contributed by atoms with Gasteiger partial charge in [0.1, 0.15) is 11.6 Å². The van der Waals surface area contributed by atoms with Crippen molar-refractivity contribution in [3.05, 3.63) is 53.8 Å². The predicted molar refractivity (Wildman–Crippen MR) is 88.1 cm³/mol.